The van der Waals surface area contributed by atoms with Crippen LogP contribution in [0.4, 0.5) is 0 Å². The molecule has 0 radical (unpaired) electrons. The largest absolute Gasteiger partial charge is 0.387 e. The van der Waals surface area contributed by atoms with Crippen LogP contribution < -0.4 is 0 Å². The molecule has 1 aliphatic heterocycles. The van der Waals surface area contributed by atoms with Crippen LogP contribution in [0.5, 0.6) is 0 Å². The Labute approximate surface area is 75.0 Å². The lowest BCUT2D eigenvalue weighted by Crippen LogP contribution is -2.60. The van der Waals surface area contributed by atoms with Crippen molar-refractivity contribution in [1.82, 2.24) is 0 Å². The summed E-state index contributed by atoms with van der Waals surface area (Å²) in [5, 5.41) is 36.5. The third kappa shape index (κ3) is 1.59. The van der Waals surface area contributed by atoms with Crippen molar-refractivity contribution < 1.29 is 25.2 Å². The predicted molar refractivity (Wildman–Crippen MR) is 42.5 cm³/mol. The van der Waals surface area contributed by atoms with Crippen LogP contribution in [0, 0.1) is 0 Å². The van der Waals surface area contributed by atoms with E-state index in [1.807, 2.05) is 0 Å². The van der Waals surface area contributed by atoms with E-state index >= 15 is 0 Å². The summed E-state index contributed by atoms with van der Waals surface area (Å²) in [5.41, 5.74) is 0. The molecule has 0 aromatic carbocycles. The summed E-state index contributed by atoms with van der Waals surface area (Å²) in [7, 11) is 0. The van der Waals surface area contributed by atoms with Gasteiger partial charge in [0.1, 0.15) is 23.2 Å². The Morgan fingerprint density at radius 1 is 1.17 bits per heavy atom. The molecule has 5 atom stereocenters. The number of rotatable bonds is 0. The molecular formula is C6H12O5S. The van der Waals surface area contributed by atoms with Gasteiger partial charge in [-0.05, 0) is 6.92 Å². The second kappa shape index (κ2) is 3.13. The Morgan fingerprint density at radius 2 is 1.67 bits per heavy atom. The molecule has 1 aliphatic rings. The van der Waals surface area contributed by atoms with Gasteiger partial charge >= 0.3 is 0 Å². The molecule has 4 N–H and O–H groups in total. The van der Waals surface area contributed by atoms with Crippen molar-refractivity contribution in [2.24, 2.45) is 0 Å². The maximum absolute atomic E-state index is 9.27. The number of hydrogen-bond acceptors (Lipinski definition) is 6. The van der Waals surface area contributed by atoms with Gasteiger partial charge in [0.15, 0.2) is 6.29 Å². The van der Waals surface area contributed by atoms with Crippen molar-refractivity contribution in [3.63, 3.8) is 0 Å². The molecule has 12 heavy (non-hydrogen) atoms. The van der Waals surface area contributed by atoms with Crippen molar-refractivity contribution >= 4 is 12.6 Å². The zero-order valence-electron chi connectivity index (χ0n) is 6.45. The highest BCUT2D eigenvalue weighted by Crippen LogP contribution is 2.31. The maximum Gasteiger partial charge on any atom is 0.185 e. The molecule has 5 nitrogen and oxygen atoms in total. The number of ether oxygens (including phenoxy) is 1. The van der Waals surface area contributed by atoms with E-state index in [9.17, 15) is 5.11 Å². The summed E-state index contributed by atoms with van der Waals surface area (Å²) in [4.78, 5) is -1.35. The van der Waals surface area contributed by atoms with Gasteiger partial charge < -0.3 is 25.2 Å². The Bertz CT molecular complexity index is 173. The zero-order valence-corrected chi connectivity index (χ0v) is 7.35. The minimum atomic E-state index is -1.52. The average Bonchev–Trinajstić information content (AvgIpc) is 1.97. The quantitative estimate of drug-likeness (QED) is 0.291. The Balaban J connectivity index is 2.78. The van der Waals surface area contributed by atoms with E-state index < -0.39 is 29.5 Å². The molecule has 1 saturated heterocycles. The van der Waals surface area contributed by atoms with Crippen molar-refractivity contribution in [2.45, 2.75) is 36.5 Å². The van der Waals surface area contributed by atoms with E-state index in [-0.39, 0.29) is 0 Å². The van der Waals surface area contributed by atoms with E-state index in [1.54, 1.807) is 0 Å². The molecule has 0 saturated carbocycles. The first-order chi connectivity index (χ1) is 5.36. The number of hydrogen-bond donors (Lipinski definition) is 5. The minimum Gasteiger partial charge on any atom is -0.387 e. The number of aliphatic hydroxyl groups excluding tert-OH is 4. The van der Waals surface area contributed by atoms with E-state index in [0.29, 0.717) is 0 Å². The monoisotopic (exact) mass is 196 g/mol. The first-order valence-electron chi connectivity index (χ1n) is 3.48. The van der Waals surface area contributed by atoms with Gasteiger partial charge in [0.25, 0.3) is 0 Å². The summed E-state index contributed by atoms with van der Waals surface area (Å²) in [6.07, 6.45) is -5.80. The van der Waals surface area contributed by atoms with Gasteiger partial charge in [-0.15, -0.1) is 12.6 Å². The van der Waals surface area contributed by atoms with Crippen LogP contribution >= 0.6 is 12.6 Å². The van der Waals surface area contributed by atoms with Gasteiger partial charge in [0.05, 0.1) is 0 Å². The molecule has 0 bridgehead atoms. The number of aliphatic hydroxyl groups is 4. The fourth-order valence-electron chi connectivity index (χ4n) is 1.06. The lowest BCUT2D eigenvalue weighted by atomic mass is 10.00. The molecule has 6 heteroatoms. The summed E-state index contributed by atoms with van der Waals surface area (Å²) in [6.45, 7) is 1.39. The van der Waals surface area contributed by atoms with Crippen LogP contribution in [-0.4, -0.2) is 50.0 Å². The standard InChI is InChI=1S/C6H12O5S/c1-6(12)4(9)2(7)3(8)5(10)11-6/h2-5,7-10,12H,1H3/t2-,3+,4-,5-,6+/m0/s1. The number of thiol groups is 1. The van der Waals surface area contributed by atoms with Crippen molar-refractivity contribution in [3.8, 4) is 0 Å². The van der Waals surface area contributed by atoms with Gasteiger partial charge in [-0.2, -0.15) is 0 Å². The third-order valence-corrected chi connectivity index (χ3v) is 2.24. The molecule has 0 aromatic heterocycles. The lowest BCUT2D eigenvalue weighted by Gasteiger charge is -2.42. The van der Waals surface area contributed by atoms with Crippen molar-refractivity contribution in [2.75, 3.05) is 0 Å². The highest BCUT2D eigenvalue weighted by molar-refractivity contribution is 7.81. The first kappa shape index (κ1) is 10.2. The Morgan fingerprint density at radius 3 is 2.17 bits per heavy atom. The van der Waals surface area contributed by atoms with Crippen LogP contribution in [0.1, 0.15) is 6.92 Å². The van der Waals surface area contributed by atoms with Gasteiger partial charge in [0.2, 0.25) is 0 Å². The van der Waals surface area contributed by atoms with E-state index in [2.05, 4.69) is 12.6 Å². The van der Waals surface area contributed by atoms with Crippen LogP contribution in [0.25, 0.3) is 0 Å². The third-order valence-electron chi connectivity index (χ3n) is 1.87. The summed E-state index contributed by atoms with van der Waals surface area (Å²) < 4.78 is 4.73. The summed E-state index contributed by atoms with van der Waals surface area (Å²) in [5.74, 6) is 0. The fraction of sp³-hybridized carbons (Fsp3) is 1.00. The molecule has 1 fully saturated rings. The van der Waals surface area contributed by atoms with E-state index in [0.717, 1.165) is 0 Å². The van der Waals surface area contributed by atoms with Crippen LogP contribution in [0.3, 0.4) is 0 Å². The molecule has 0 aliphatic carbocycles. The van der Waals surface area contributed by atoms with Gasteiger partial charge in [0, 0.05) is 0 Å². The van der Waals surface area contributed by atoms with E-state index in [1.165, 1.54) is 6.92 Å². The highest BCUT2D eigenvalue weighted by Gasteiger charge is 2.48. The van der Waals surface area contributed by atoms with Crippen molar-refractivity contribution in [1.29, 1.82) is 0 Å². The lowest BCUT2D eigenvalue weighted by molar-refractivity contribution is -0.288. The van der Waals surface area contributed by atoms with Crippen LogP contribution in [0.2, 0.25) is 0 Å². The second-order valence-electron chi connectivity index (χ2n) is 2.99. The summed E-state index contributed by atoms with van der Waals surface area (Å²) in [6, 6.07) is 0. The molecule has 0 amide bonds. The fourth-order valence-corrected chi connectivity index (χ4v) is 1.32. The molecular weight excluding hydrogens is 184 g/mol. The van der Waals surface area contributed by atoms with Crippen molar-refractivity contribution in [3.05, 3.63) is 0 Å². The smallest absolute Gasteiger partial charge is 0.185 e. The Hall–Kier alpha value is 0.150. The molecule has 1 heterocycles. The zero-order chi connectivity index (χ0) is 9.52. The first-order valence-corrected chi connectivity index (χ1v) is 3.93. The normalized spacial score (nSPS) is 55.5. The predicted octanol–water partition coefficient (Wildman–Crippen LogP) is -1.94. The maximum atomic E-state index is 9.27. The minimum absolute atomic E-state index is 1.33. The molecule has 1 rings (SSSR count). The van der Waals surface area contributed by atoms with Crippen LogP contribution in [0.15, 0.2) is 0 Å². The molecule has 0 aromatic rings. The van der Waals surface area contributed by atoms with Gasteiger partial charge in [-0.25, -0.2) is 0 Å². The van der Waals surface area contributed by atoms with Gasteiger partial charge in [-0.3, -0.25) is 0 Å². The second-order valence-corrected chi connectivity index (χ2v) is 3.88. The Kier molecular flexibility index (Phi) is 2.67. The topological polar surface area (TPSA) is 90.2 Å². The molecule has 72 valence electrons. The van der Waals surface area contributed by atoms with E-state index in [4.69, 9.17) is 20.1 Å². The van der Waals surface area contributed by atoms with Gasteiger partial charge in [-0.1, -0.05) is 0 Å². The molecule has 0 spiro atoms. The SMILES string of the molecule is C[C@]1(S)O[C@H](O)[C@H](O)[C@H](O)[C@@H]1O. The average molecular weight is 196 g/mol. The highest BCUT2D eigenvalue weighted by atomic mass is 32.1. The van der Waals surface area contributed by atoms with Crippen LogP contribution in [-0.2, 0) is 4.74 Å². The summed E-state index contributed by atoms with van der Waals surface area (Å²) >= 11 is 3.87. The molecule has 0 unspecified atom stereocenters.